The second kappa shape index (κ2) is 11.8. The van der Waals surface area contributed by atoms with Crippen molar-refractivity contribution in [2.45, 2.75) is 55.4 Å². The van der Waals surface area contributed by atoms with Crippen LogP contribution in [-0.2, 0) is 24.9 Å². The Kier molecular flexibility index (Phi) is 10.2. The van der Waals surface area contributed by atoms with Crippen molar-refractivity contribution >= 4 is 16.7 Å². The number of methoxy groups -OCH3 is 1. The van der Waals surface area contributed by atoms with Crippen LogP contribution in [0, 0.1) is 30.7 Å². The number of allylic oxidation sites excluding steroid dienone is 2. The SMILES string of the molecule is CC(C)(C)C(=O)/C=C(\O)C(C)(C)C.COc1cc[c-]c(-c2ccc3c(C)cc(C)cc3n2)c1.[Ir]. The van der Waals surface area contributed by atoms with Crippen molar-refractivity contribution in [1.82, 2.24) is 4.98 Å². The van der Waals surface area contributed by atoms with Crippen LogP contribution in [0.25, 0.3) is 22.2 Å². The third kappa shape index (κ3) is 8.07. The molecule has 1 N–H and O–H groups in total. The van der Waals surface area contributed by atoms with Gasteiger partial charge in [-0.1, -0.05) is 59.7 Å². The van der Waals surface area contributed by atoms with Crippen molar-refractivity contribution in [2.75, 3.05) is 7.11 Å². The summed E-state index contributed by atoms with van der Waals surface area (Å²) in [7, 11) is 1.67. The predicted molar refractivity (Wildman–Crippen MR) is 137 cm³/mol. The monoisotopic (exact) mass is 639 g/mol. The number of ketones is 1. The summed E-state index contributed by atoms with van der Waals surface area (Å²) in [6.07, 6.45) is 1.33. The van der Waals surface area contributed by atoms with Gasteiger partial charge in [0, 0.05) is 48.1 Å². The molecule has 0 amide bonds. The summed E-state index contributed by atoms with van der Waals surface area (Å²) in [5.41, 5.74) is 4.62. The minimum atomic E-state index is -0.417. The van der Waals surface area contributed by atoms with E-state index < -0.39 is 5.41 Å². The third-order valence-corrected chi connectivity index (χ3v) is 5.22. The largest absolute Gasteiger partial charge is 0.516 e. The topological polar surface area (TPSA) is 59.4 Å². The number of carbonyl (C=O) groups is 1. The maximum Gasteiger partial charge on any atom is 0.164 e. The molecular weight excluding hydrogens is 603 g/mol. The van der Waals surface area contributed by atoms with E-state index in [9.17, 15) is 9.90 Å². The fourth-order valence-corrected chi connectivity index (χ4v) is 3.02. The third-order valence-electron chi connectivity index (χ3n) is 5.22. The summed E-state index contributed by atoms with van der Waals surface area (Å²) in [6.45, 7) is 15.3. The van der Waals surface area contributed by atoms with Crippen LogP contribution < -0.4 is 4.74 Å². The zero-order valence-corrected chi connectivity index (χ0v) is 24.1. The van der Waals surface area contributed by atoms with Crippen molar-refractivity contribution in [1.29, 1.82) is 0 Å². The van der Waals surface area contributed by atoms with Gasteiger partial charge in [-0.3, -0.25) is 9.78 Å². The molecule has 0 fully saturated rings. The number of aromatic nitrogens is 1. The number of hydrogen-bond donors (Lipinski definition) is 1. The molecule has 0 aliphatic heterocycles. The van der Waals surface area contributed by atoms with Crippen LogP contribution >= 0.6 is 0 Å². The number of carbonyl (C=O) groups excluding carboxylic acids is 1. The summed E-state index contributed by atoms with van der Waals surface area (Å²) < 4.78 is 5.25. The summed E-state index contributed by atoms with van der Waals surface area (Å²) in [5.74, 6) is 0.924. The molecule has 0 aliphatic carbocycles. The summed E-state index contributed by atoms with van der Waals surface area (Å²) in [4.78, 5) is 16.2. The Balaban J connectivity index is 0.000000364. The summed E-state index contributed by atoms with van der Waals surface area (Å²) in [6, 6.07) is 17.4. The second-order valence-corrected chi connectivity index (χ2v) is 10.4. The van der Waals surface area contributed by atoms with E-state index in [1.807, 2.05) is 65.8 Å². The molecule has 4 nitrogen and oxygen atoms in total. The first kappa shape index (κ1) is 29.5. The number of nitrogens with zero attached hydrogens (tertiary/aromatic N) is 1. The van der Waals surface area contributed by atoms with Crippen LogP contribution in [0.1, 0.15) is 52.7 Å². The van der Waals surface area contributed by atoms with Crippen molar-refractivity contribution in [3.8, 4) is 17.0 Å². The molecule has 1 radical (unpaired) electrons. The van der Waals surface area contributed by atoms with Gasteiger partial charge in [-0.25, -0.2) is 0 Å². The fourth-order valence-electron chi connectivity index (χ4n) is 3.02. The molecular formula is C29H36IrNO3-. The molecule has 0 spiro atoms. The molecule has 0 saturated carbocycles. The van der Waals surface area contributed by atoms with Crippen LogP contribution in [0.3, 0.4) is 0 Å². The van der Waals surface area contributed by atoms with Gasteiger partial charge >= 0.3 is 0 Å². The molecule has 0 unspecified atom stereocenters. The van der Waals surface area contributed by atoms with E-state index in [0.29, 0.717) is 0 Å². The Morgan fingerprint density at radius 3 is 2.21 bits per heavy atom. The maximum absolute atomic E-state index is 11.5. The Bertz CT molecular complexity index is 1170. The van der Waals surface area contributed by atoms with Gasteiger partial charge in [0.15, 0.2) is 5.78 Å². The second-order valence-electron chi connectivity index (χ2n) is 10.4. The Morgan fingerprint density at radius 1 is 1.00 bits per heavy atom. The van der Waals surface area contributed by atoms with E-state index in [0.717, 1.165) is 22.5 Å². The Morgan fingerprint density at radius 2 is 1.65 bits per heavy atom. The van der Waals surface area contributed by atoms with Crippen LogP contribution in [0.4, 0.5) is 0 Å². The summed E-state index contributed by atoms with van der Waals surface area (Å²) >= 11 is 0. The number of pyridine rings is 1. The number of aliphatic hydroxyl groups is 1. The van der Waals surface area contributed by atoms with Crippen molar-refractivity contribution in [3.05, 3.63) is 71.5 Å². The van der Waals surface area contributed by atoms with Crippen LogP contribution in [0.5, 0.6) is 5.75 Å². The van der Waals surface area contributed by atoms with Crippen LogP contribution in [-0.4, -0.2) is 23.0 Å². The summed E-state index contributed by atoms with van der Waals surface area (Å²) in [5, 5.41) is 10.8. The van der Waals surface area contributed by atoms with E-state index in [-0.39, 0.29) is 37.1 Å². The average Bonchev–Trinajstić information content (AvgIpc) is 2.72. The first-order valence-electron chi connectivity index (χ1n) is 11.1. The minimum Gasteiger partial charge on any atom is -0.516 e. The number of aryl methyl sites for hydroxylation is 2. The molecule has 0 bridgehead atoms. The fraction of sp³-hybridized carbons (Fsp3) is 0.379. The molecule has 5 heteroatoms. The zero-order chi connectivity index (χ0) is 25.0. The van der Waals surface area contributed by atoms with E-state index in [2.05, 4.69) is 38.1 Å². The number of benzene rings is 2. The molecule has 185 valence electrons. The van der Waals surface area contributed by atoms with Gasteiger partial charge in [0.2, 0.25) is 0 Å². The predicted octanol–water partition coefficient (Wildman–Crippen LogP) is 7.41. The quantitative estimate of drug-likeness (QED) is 0.184. The van der Waals surface area contributed by atoms with Gasteiger partial charge in [-0.2, -0.15) is 0 Å². The number of rotatable bonds is 3. The first-order valence-corrected chi connectivity index (χ1v) is 11.1. The van der Waals surface area contributed by atoms with Gasteiger partial charge < -0.3 is 9.84 Å². The van der Waals surface area contributed by atoms with E-state index in [1.54, 1.807) is 7.11 Å². The molecule has 2 aromatic carbocycles. The normalized spacial score (nSPS) is 11.9. The Hall–Kier alpha value is -2.49. The molecule has 34 heavy (non-hydrogen) atoms. The maximum atomic E-state index is 11.5. The van der Waals surface area contributed by atoms with Crippen molar-refractivity contribution in [3.63, 3.8) is 0 Å². The van der Waals surface area contributed by atoms with Crippen molar-refractivity contribution < 1.29 is 34.7 Å². The van der Waals surface area contributed by atoms with E-state index in [4.69, 9.17) is 9.72 Å². The molecule has 3 aromatic rings. The van der Waals surface area contributed by atoms with Crippen LogP contribution in [0.15, 0.2) is 54.3 Å². The van der Waals surface area contributed by atoms with Gasteiger partial charge in [0.1, 0.15) is 5.76 Å². The molecule has 3 rings (SSSR count). The first-order chi connectivity index (χ1) is 15.2. The van der Waals surface area contributed by atoms with Crippen molar-refractivity contribution in [2.24, 2.45) is 10.8 Å². The average molecular weight is 639 g/mol. The number of fused-ring (bicyclic) bond motifs is 1. The number of aliphatic hydroxyl groups excluding tert-OH is 1. The van der Waals surface area contributed by atoms with E-state index >= 15 is 0 Å². The van der Waals surface area contributed by atoms with Gasteiger partial charge in [0.05, 0.1) is 12.6 Å². The molecule has 1 heterocycles. The van der Waals surface area contributed by atoms with E-state index in [1.165, 1.54) is 22.6 Å². The van der Waals surface area contributed by atoms with Gasteiger partial charge in [0.25, 0.3) is 0 Å². The minimum absolute atomic E-state index is 0. The van der Waals surface area contributed by atoms with Gasteiger partial charge in [-0.15, -0.1) is 29.8 Å². The standard InChI is InChI=1S/C18H16NO.C11H20O2.Ir/c1-12-9-13(2)16-7-8-17(19-18(16)10-12)14-5-4-6-15(11-14)20-3;1-10(2,3)8(12)7-9(13)11(4,5)6;/h4,6-11H,1-3H3;7,12H,1-6H3;/q-1;;/b;8-7-;. The number of hydrogen-bond acceptors (Lipinski definition) is 4. The van der Waals surface area contributed by atoms with Crippen LogP contribution in [0.2, 0.25) is 0 Å². The molecule has 1 aromatic heterocycles. The number of ether oxygens (including phenoxy) is 1. The molecule has 0 saturated heterocycles. The molecule has 0 aliphatic rings. The van der Waals surface area contributed by atoms with Gasteiger partial charge in [-0.05, 0) is 36.7 Å². The Labute approximate surface area is 217 Å². The smallest absolute Gasteiger partial charge is 0.164 e. The zero-order valence-electron chi connectivity index (χ0n) is 21.7. The molecule has 0 atom stereocenters.